The summed E-state index contributed by atoms with van der Waals surface area (Å²) in [4.78, 5) is 12.1. The van der Waals surface area contributed by atoms with E-state index in [1.165, 1.54) is 19.2 Å². The summed E-state index contributed by atoms with van der Waals surface area (Å²) in [6.07, 6.45) is 0. The van der Waals surface area contributed by atoms with Crippen molar-refractivity contribution in [3.8, 4) is 0 Å². The predicted octanol–water partition coefficient (Wildman–Crippen LogP) is 2.71. The maximum Gasteiger partial charge on any atom is 0.477 e. The number of benzene rings is 1. The number of halogens is 1. The lowest BCUT2D eigenvalue weighted by Crippen LogP contribution is -2.41. The summed E-state index contributed by atoms with van der Waals surface area (Å²) in [7, 11) is 0.539. The Bertz CT molecular complexity index is 511. The predicted molar refractivity (Wildman–Crippen MR) is 77.2 cm³/mol. The average molecular weight is 294 g/mol. The molecule has 1 aliphatic rings. The van der Waals surface area contributed by atoms with Crippen LogP contribution >= 0.6 is 0 Å². The molecule has 0 spiro atoms. The Morgan fingerprint density at radius 2 is 1.62 bits per heavy atom. The molecular weight excluding hydrogens is 274 g/mol. The summed E-state index contributed by atoms with van der Waals surface area (Å²) in [6.45, 7) is 7.63. The van der Waals surface area contributed by atoms with Crippen molar-refractivity contribution in [2.45, 2.75) is 44.7 Å². The van der Waals surface area contributed by atoms with E-state index in [1.807, 2.05) is 27.7 Å². The number of esters is 1. The van der Waals surface area contributed by atoms with E-state index in [4.69, 9.17) is 14.0 Å². The van der Waals surface area contributed by atoms with Gasteiger partial charge in [-0.2, -0.15) is 0 Å². The first-order chi connectivity index (χ1) is 9.68. The van der Waals surface area contributed by atoms with Gasteiger partial charge in [-0.05, 0) is 45.4 Å². The normalized spacial score (nSPS) is 21.1. The summed E-state index contributed by atoms with van der Waals surface area (Å²) in [5.74, 6) is -1.59. The summed E-state index contributed by atoms with van der Waals surface area (Å²) >= 11 is 0. The minimum Gasteiger partial charge on any atom is -0.469 e. The summed E-state index contributed by atoms with van der Waals surface area (Å²) in [5, 5.41) is 0. The zero-order chi connectivity index (χ0) is 15.8. The molecule has 6 heteroatoms. The molecule has 1 aliphatic heterocycles. The number of rotatable bonds is 3. The van der Waals surface area contributed by atoms with Crippen LogP contribution in [0.4, 0.5) is 4.39 Å². The minimum atomic E-state index is -0.770. The zero-order valence-electron chi connectivity index (χ0n) is 13.0. The van der Waals surface area contributed by atoms with E-state index in [9.17, 15) is 9.18 Å². The van der Waals surface area contributed by atoms with Crippen molar-refractivity contribution in [1.82, 2.24) is 0 Å². The van der Waals surface area contributed by atoms with Crippen molar-refractivity contribution in [2.24, 2.45) is 0 Å². The van der Waals surface area contributed by atoms with E-state index in [1.54, 1.807) is 12.1 Å². The van der Waals surface area contributed by atoms with E-state index in [0.717, 1.165) is 0 Å². The van der Waals surface area contributed by atoms with Crippen LogP contribution in [-0.2, 0) is 18.8 Å². The SMILES string of the molecule is COC(=O)[C@@H](B1OC(C)(C)C(C)(C)O1)c1ccc(F)cc1. The molecule has 2 rings (SSSR count). The van der Waals surface area contributed by atoms with Crippen LogP contribution in [0.15, 0.2) is 24.3 Å². The van der Waals surface area contributed by atoms with Crippen LogP contribution in [0.2, 0.25) is 0 Å². The molecule has 0 aromatic heterocycles. The highest BCUT2D eigenvalue weighted by atomic mass is 19.1. The zero-order valence-corrected chi connectivity index (χ0v) is 13.0. The molecular formula is C15H20BFO4. The van der Waals surface area contributed by atoms with Crippen LogP contribution in [0.5, 0.6) is 0 Å². The quantitative estimate of drug-likeness (QED) is 0.635. The number of hydrogen-bond acceptors (Lipinski definition) is 4. The molecule has 1 atom stereocenters. The van der Waals surface area contributed by atoms with Crippen LogP contribution in [0.25, 0.3) is 0 Å². The van der Waals surface area contributed by atoms with Gasteiger partial charge in [-0.25, -0.2) is 4.39 Å². The fraction of sp³-hybridized carbons (Fsp3) is 0.533. The molecule has 21 heavy (non-hydrogen) atoms. The third kappa shape index (κ3) is 2.96. The third-order valence-corrected chi connectivity index (χ3v) is 4.23. The molecule has 1 saturated heterocycles. The first kappa shape index (κ1) is 16.0. The second-order valence-corrected chi connectivity index (χ2v) is 6.18. The van der Waals surface area contributed by atoms with Gasteiger partial charge in [0.2, 0.25) is 0 Å². The van der Waals surface area contributed by atoms with E-state index < -0.39 is 30.1 Å². The fourth-order valence-corrected chi connectivity index (χ4v) is 2.23. The van der Waals surface area contributed by atoms with Crippen LogP contribution in [0.1, 0.15) is 39.1 Å². The highest BCUT2D eigenvalue weighted by molar-refractivity contribution is 6.52. The molecule has 1 heterocycles. The fourth-order valence-electron chi connectivity index (χ4n) is 2.23. The smallest absolute Gasteiger partial charge is 0.469 e. The van der Waals surface area contributed by atoms with Crippen molar-refractivity contribution in [2.75, 3.05) is 7.11 Å². The molecule has 0 saturated carbocycles. The second kappa shape index (κ2) is 5.42. The summed E-state index contributed by atoms with van der Waals surface area (Å²) < 4.78 is 29.8. The van der Waals surface area contributed by atoms with Crippen molar-refractivity contribution < 1.29 is 23.2 Å². The average Bonchev–Trinajstić information content (AvgIpc) is 2.60. The van der Waals surface area contributed by atoms with Crippen molar-refractivity contribution in [3.05, 3.63) is 35.6 Å². The first-order valence-electron chi connectivity index (χ1n) is 6.87. The van der Waals surface area contributed by atoms with Gasteiger partial charge in [-0.1, -0.05) is 12.1 Å². The Morgan fingerprint density at radius 3 is 2.05 bits per heavy atom. The molecule has 1 aromatic carbocycles. The van der Waals surface area contributed by atoms with Crippen molar-refractivity contribution in [1.29, 1.82) is 0 Å². The van der Waals surface area contributed by atoms with Crippen molar-refractivity contribution >= 4 is 13.1 Å². The summed E-state index contributed by atoms with van der Waals surface area (Å²) in [5.41, 5.74) is -0.504. The van der Waals surface area contributed by atoms with Gasteiger partial charge in [0, 0.05) is 0 Å². The Labute approximate surface area is 124 Å². The van der Waals surface area contributed by atoms with Crippen LogP contribution in [0, 0.1) is 5.82 Å². The van der Waals surface area contributed by atoms with E-state index in [2.05, 4.69) is 0 Å². The van der Waals surface area contributed by atoms with Gasteiger partial charge in [0.15, 0.2) is 0 Å². The lowest BCUT2D eigenvalue weighted by molar-refractivity contribution is -0.141. The number of carbonyl (C=O) groups excluding carboxylic acids is 1. The number of carbonyl (C=O) groups is 1. The minimum absolute atomic E-state index is 0.365. The van der Waals surface area contributed by atoms with Crippen LogP contribution < -0.4 is 0 Å². The van der Waals surface area contributed by atoms with Gasteiger partial charge in [0.1, 0.15) is 11.6 Å². The van der Waals surface area contributed by atoms with Gasteiger partial charge in [-0.15, -0.1) is 0 Å². The van der Waals surface area contributed by atoms with Gasteiger partial charge < -0.3 is 14.0 Å². The second-order valence-electron chi connectivity index (χ2n) is 6.18. The standard InChI is InChI=1S/C15H20BFO4/c1-14(2)15(3,4)21-16(20-14)12(13(18)19-5)10-6-8-11(17)9-7-10/h6-9,12H,1-5H3/t12-/m0/s1. The molecule has 0 radical (unpaired) electrons. The van der Waals surface area contributed by atoms with E-state index in [0.29, 0.717) is 5.56 Å². The van der Waals surface area contributed by atoms with Gasteiger partial charge in [0.25, 0.3) is 0 Å². The number of hydrogen-bond donors (Lipinski definition) is 0. The monoisotopic (exact) mass is 294 g/mol. The highest BCUT2D eigenvalue weighted by Crippen LogP contribution is 2.41. The lowest BCUT2D eigenvalue weighted by atomic mass is 9.68. The molecule has 0 amide bonds. The van der Waals surface area contributed by atoms with Gasteiger partial charge >= 0.3 is 13.1 Å². The highest BCUT2D eigenvalue weighted by Gasteiger charge is 2.56. The molecule has 0 aliphatic carbocycles. The van der Waals surface area contributed by atoms with Crippen LogP contribution in [0.3, 0.4) is 0 Å². The molecule has 0 unspecified atom stereocenters. The van der Waals surface area contributed by atoms with Gasteiger partial charge in [-0.3, -0.25) is 4.79 Å². The number of ether oxygens (including phenoxy) is 1. The Balaban J connectivity index is 2.35. The molecule has 4 nitrogen and oxygen atoms in total. The maximum atomic E-state index is 13.1. The van der Waals surface area contributed by atoms with Crippen LogP contribution in [-0.4, -0.2) is 31.4 Å². The molecule has 0 N–H and O–H groups in total. The Morgan fingerprint density at radius 1 is 1.14 bits per heavy atom. The maximum absolute atomic E-state index is 13.1. The summed E-state index contributed by atoms with van der Waals surface area (Å²) in [6, 6.07) is 5.69. The molecule has 114 valence electrons. The number of methoxy groups -OCH3 is 1. The third-order valence-electron chi connectivity index (χ3n) is 4.23. The topological polar surface area (TPSA) is 44.8 Å². The Hall–Kier alpha value is -1.40. The lowest BCUT2D eigenvalue weighted by Gasteiger charge is -2.32. The first-order valence-corrected chi connectivity index (χ1v) is 6.87. The van der Waals surface area contributed by atoms with E-state index >= 15 is 0 Å². The molecule has 1 fully saturated rings. The van der Waals surface area contributed by atoms with Crippen molar-refractivity contribution in [3.63, 3.8) is 0 Å². The largest absolute Gasteiger partial charge is 0.477 e. The molecule has 1 aromatic rings. The van der Waals surface area contributed by atoms with Gasteiger partial charge in [0.05, 0.1) is 18.3 Å². The van der Waals surface area contributed by atoms with E-state index in [-0.39, 0.29) is 5.82 Å². The molecule has 0 bridgehead atoms. The Kier molecular flexibility index (Phi) is 4.13.